The smallest absolute Gasteiger partial charge is 0.320 e. The summed E-state index contributed by atoms with van der Waals surface area (Å²) in [6.45, 7) is -0.518. The maximum Gasteiger partial charge on any atom is 0.320 e. The molecule has 8 heteroatoms. The van der Waals surface area contributed by atoms with Gasteiger partial charge in [0, 0.05) is 5.02 Å². The average Bonchev–Trinajstić information content (AvgIpc) is 2.36. The molecule has 0 amide bonds. The predicted molar refractivity (Wildman–Crippen MR) is 63.4 cm³/mol. The van der Waals surface area contributed by atoms with Crippen LogP contribution >= 0.6 is 11.6 Å². The first kappa shape index (κ1) is 14.4. The first-order chi connectivity index (χ1) is 8.40. The highest BCUT2D eigenvalue weighted by Gasteiger charge is 2.20. The first-order valence-corrected chi connectivity index (χ1v) is 6.53. The summed E-state index contributed by atoms with van der Waals surface area (Å²) in [6, 6.07) is 5.56. The number of benzene rings is 1. The highest BCUT2D eigenvalue weighted by molar-refractivity contribution is 7.89. The van der Waals surface area contributed by atoms with Gasteiger partial charge in [-0.1, -0.05) is 11.6 Å². The van der Waals surface area contributed by atoms with Gasteiger partial charge in [-0.3, -0.25) is 4.79 Å². The Morgan fingerprint density at radius 3 is 2.78 bits per heavy atom. The van der Waals surface area contributed by atoms with Crippen LogP contribution < -0.4 is 4.72 Å². The van der Waals surface area contributed by atoms with Crippen LogP contribution in [0.1, 0.15) is 5.56 Å². The summed E-state index contributed by atoms with van der Waals surface area (Å²) in [4.78, 5) is 10.6. The van der Waals surface area contributed by atoms with Gasteiger partial charge in [0.2, 0.25) is 10.0 Å². The summed E-state index contributed by atoms with van der Waals surface area (Å²) in [5.74, 6) is -0.737. The normalized spacial score (nSPS) is 10.7. The van der Waals surface area contributed by atoms with E-state index >= 15 is 0 Å². The summed E-state index contributed by atoms with van der Waals surface area (Å²) < 4.78 is 30.0. The number of esters is 1. The standard InChI is InChI=1S/C10H9ClN2O4S/c1-17-10(14)6-13-18(15,16)9-4-8(11)3-2-7(9)5-12/h2-4,13H,6H2,1H3. The van der Waals surface area contributed by atoms with E-state index in [-0.39, 0.29) is 15.5 Å². The molecule has 18 heavy (non-hydrogen) atoms. The second-order valence-electron chi connectivity index (χ2n) is 3.15. The average molecular weight is 289 g/mol. The maximum atomic E-state index is 11.9. The van der Waals surface area contributed by atoms with Crippen molar-refractivity contribution in [3.63, 3.8) is 0 Å². The lowest BCUT2D eigenvalue weighted by Crippen LogP contribution is -2.30. The monoisotopic (exact) mass is 288 g/mol. The summed E-state index contributed by atoms with van der Waals surface area (Å²) in [6.07, 6.45) is 0. The lowest BCUT2D eigenvalue weighted by Gasteiger charge is -2.07. The molecule has 96 valence electrons. The number of carbonyl (C=O) groups excluding carboxylic acids is 1. The van der Waals surface area contributed by atoms with Gasteiger partial charge in [-0.25, -0.2) is 8.42 Å². The van der Waals surface area contributed by atoms with E-state index in [0.717, 1.165) is 13.2 Å². The van der Waals surface area contributed by atoms with Crippen molar-refractivity contribution in [2.45, 2.75) is 4.90 Å². The molecule has 1 aromatic carbocycles. The van der Waals surface area contributed by atoms with Gasteiger partial charge >= 0.3 is 5.97 Å². The Morgan fingerprint density at radius 2 is 2.22 bits per heavy atom. The Balaban J connectivity index is 3.09. The number of sulfonamides is 1. The van der Waals surface area contributed by atoms with Gasteiger partial charge in [-0.15, -0.1) is 0 Å². The third kappa shape index (κ3) is 3.43. The number of hydrogen-bond donors (Lipinski definition) is 1. The van der Waals surface area contributed by atoms with Gasteiger partial charge in [0.05, 0.1) is 12.7 Å². The highest BCUT2D eigenvalue weighted by atomic mass is 35.5. The predicted octanol–water partition coefficient (Wildman–Crippen LogP) is 0.663. The lowest BCUT2D eigenvalue weighted by atomic mass is 10.2. The fourth-order valence-corrected chi connectivity index (χ4v) is 2.50. The summed E-state index contributed by atoms with van der Waals surface area (Å²) >= 11 is 5.68. The van der Waals surface area contributed by atoms with Gasteiger partial charge in [-0.2, -0.15) is 9.98 Å². The molecule has 0 aliphatic heterocycles. The van der Waals surface area contributed by atoms with Crippen LogP contribution in [0.15, 0.2) is 23.1 Å². The number of nitriles is 1. The SMILES string of the molecule is COC(=O)CNS(=O)(=O)c1cc(Cl)ccc1C#N. The number of nitrogens with one attached hydrogen (secondary N) is 1. The van der Waals surface area contributed by atoms with E-state index in [1.165, 1.54) is 12.1 Å². The van der Waals surface area contributed by atoms with Crippen LogP contribution in [0.2, 0.25) is 5.02 Å². The molecule has 0 radical (unpaired) electrons. The van der Waals surface area contributed by atoms with Crippen LogP contribution in [0, 0.1) is 11.3 Å². The molecule has 0 aliphatic rings. The molecule has 0 fully saturated rings. The molecule has 1 N–H and O–H groups in total. The van der Waals surface area contributed by atoms with Crippen LogP contribution in [0.3, 0.4) is 0 Å². The van der Waals surface area contributed by atoms with Crippen LogP contribution in [0.25, 0.3) is 0 Å². The van der Waals surface area contributed by atoms with Gasteiger partial charge in [0.25, 0.3) is 0 Å². The summed E-state index contributed by atoms with van der Waals surface area (Å²) in [5, 5.41) is 8.99. The summed E-state index contributed by atoms with van der Waals surface area (Å²) in [7, 11) is -2.85. The molecule has 1 rings (SSSR count). The molecule has 1 aromatic rings. The number of carbonyl (C=O) groups is 1. The molecule has 0 saturated heterocycles. The van der Waals surface area contributed by atoms with Crippen LogP contribution in [0.5, 0.6) is 0 Å². The molecule has 0 heterocycles. The second-order valence-corrected chi connectivity index (χ2v) is 5.32. The first-order valence-electron chi connectivity index (χ1n) is 4.67. The van der Waals surface area contributed by atoms with Gasteiger partial charge < -0.3 is 4.74 Å². The van der Waals surface area contributed by atoms with E-state index in [0.29, 0.717) is 0 Å². The second kappa shape index (κ2) is 5.82. The molecule has 0 aromatic heterocycles. The molecular formula is C10H9ClN2O4S. The van der Waals surface area contributed by atoms with Crippen molar-refractivity contribution in [2.24, 2.45) is 0 Å². The minimum atomic E-state index is -3.99. The molecule has 6 nitrogen and oxygen atoms in total. The highest BCUT2D eigenvalue weighted by Crippen LogP contribution is 2.19. The molecule has 0 spiro atoms. The van der Waals surface area contributed by atoms with Crippen LogP contribution in [0.4, 0.5) is 0 Å². The number of methoxy groups -OCH3 is 1. The number of halogens is 1. The van der Waals surface area contributed by atoms with E-state index < -0.39 is 22.5 Å². The van der Waals surface area contributed by atoms with Crippen molar-refractivity contribution in [1.82, 2.24) is 4.72 Å². The minimum Gasteiger partial charge on any atom is -0.468 e. The Bertz CT molecular complexity index is 607. The zero-order chi connectivity index (χ0) is 13.8. The Labute approximate surface area is 109 Å². The van der Waals surface area contributed by atoms with E-state index in [1.807, 2.05) is 4.72 Å². The zero-order valence-electron chi connectivity index (χ0n) is 9.31. The third-order valence-corrected chi connectivity index (χ3v) is 3.66. The minimum absolute atomic E-state index is 0.0586. The van der Waals surface area contributed by atoms with Gasteiger partial charge in [0.15, 0.2) is 0 Å². The molecular weight excluding hydrogens is 280 g/mol. The van der Waals surface area contributed by atoms with Crippen molar-refractivity contribution in [1.29, 1.82) is 5.26 Å². The number of hydrogen-bond acceptors (Lipinski definition) is 5. The van der Waals surface area contributed by atoms with Crippen molar-refractivity contribution in [3.8, 4) is 6.07 Å². The van der Waals surface area contributed by atoms with Crippen LogP contribution in [-0.2, 0) is 19.6 Å². The molecule has 0 atom stereocenters. The Morgan fingerprint density at radius 1 is 1.56 bits per heavy atom. The number of ether oxygens (including phenoxy) is 1. The fourth-order valence-electron chi connectivity index (χ4n) is 1.11. The van der Waals surface area contributed by atoms with Crippen LogP contribution in [-0.4, -0.2) is 28.0 Å². The lowest BCUT2D eigenvalue weighted by molar-refractivity contribution is -0.139. The third-order valence-electron chi connectivity index (χ3n) is 1.99. The number of rotatable bonds is 4. The zero-order valence-corrected chi connectivity index (χ0v) is 10.9. The summed E-state index contributed by atoms with van der Waals surface area (Å²) in [5.41, 5.74) is -0.0586. The maximum absolute atomic E-state index is 11.9. The number of nitrogens with zero attached hydrogens (tertiary/aromatic N) is 1. The van der Waals surface area contributed by atoms with Gasteiger partial charge in [0.1, 0.15) is 17.5 Å². The van der Waals surface area contributed by atoms with Crippen molar-refractivity contribution < 1.29 is 17.9 Å². The van der Waals surface area contributed by atoms with E-state index in [9.17, 15) is 13.2 Å². The van der Waals surface area contributed by atoms with E-state index in [2.05, 4.69) is 4.74 Å². The van der Waals surface area contributed by atoms with Gasteiger partial charge in [-0.05, 0) is 18.2 Å². The van der Waals surface area contributed by atoms with E-state index in [1.54, 1.807) is 6.07 Å². The van der Waals surface area contributed by atoms with E-state index in [4.69, 9.17) is 16.9 Å². The van der Waals surface area contributed by atoms with Crippen molar-refractivity contribution in [2.75, 3.05) is 13.7 Å². The topological polar surface area (TPSA) is 96.3 Å². The molecule has 0 saturated carbocycles. The van der Waals surface area contributed by atoms with Crippen molar-refractivity contribution >= 4 is 27.6 Å². The van der Waals surface area contributed by atoms with Crippen molar-refractivity contribution in [3.05, 3.63) is 28.8 Å². The quantitative estimate of drug-likeness (QED) is 0.821. The Hall–Kier alpha value is -1.62. The Kier molecular flexibility index (Phi) is 4.67. The fraction of sp³-hybridized carbons (Fsp3) is 0.200. The molecule has 0 aliphatic carbocycles. The molecule has 0 bridgehead atoms. The molecule has 0 unspecified atom stereocenters. The largest absolute Gasteiger partial charge is 0.468 e.